The molecule has 31 heavy (non-hydrogen) atoms. The van der Waals surface area contributed by atoms with Crippen LogP contribution in [-0.4, -0.2) is 20.2 Å². The highest BCUT2D eigenvalue weighted by molar-refractivity contribution is 8.00. The minimum atomic E-state index is -4.96. The lowest BCUT2D eigenvalue weighted by molar-refractivity contribution is -0.144. The van der Waals surface area contributed by atoms with Crippen LogP contribution in [0.4, 0.5) is 17.6 Å². The number of Topliss-reactive ketones (excluding diaryl/α,β-unsaturated/α-hetero) is 1. The summed E-state index contributed by atoms with van der Waals surface area (Å²) >= 11 is 0.953. The molecule has 1 atom stereocenters. The Balaban J connectivity index is 2.79. The quantitative estimate of drug-likeness (QED) is 0.517. The lowest BCUT2D eigenvalue weighted by Crippen LogP contribution is -2.41. The van der Waals surface area contributed by atoms with Gasteiger partial charge in [-0.3, -0.25) is 14.2 Å². The van der Waals surface area contributed by atoms with Crippen molar-refractivity contribution in [3.63, 3.8) is 0 Å². The third-order valence-corrected chi connectivity index (χ3v) is 6.29. The summed E-state index contributed by atoms with van der Waals surface area (Å²) in [4.78, 5) is 37.0. The van der Waals surface area contributed by atoms with E-state index < -0.39 is 45.3 Å². The van der Waals surface area contributed by atoms with Gasteiger partial charge in [-0.1, -0.05) is 20.8 Å². The van der Waals surface area contributed by atoms with Gasteiger partial charge >= 0.3 is 11.9 Å². The zero-order chi connectivity index (χ0) is 23.9. The van der Waals surface area contributed by atoms with Crippen LogP contribution in [0.15, 0.2) is 32.7 Å². The van der Waals surface area contributed by atoms with Gasteiger partial charge in [0.25, 0.3) is 5.56 Å². The van der Waals surface area contributed by atoms with E-state index in [0.29, 0.717) is 0 Å². The van der Waals surface area contributed by atoms with E-state index in [9.17, 15) is 37.2 Å². The first-order valence-corrected chi connectivity index (χ1v) is 9.79. The third kappa shape index (κ3) is 4.90. The molecule has 0 fully saturated rings. The predicted molar refractivity (Wildman–Crippen MR) is 107 cm³/mol. The van der Waals surface area contributed by atoms with E-state index >= 15 is 0 Å². The molecule has 2 rings (SSSR count). The second-order valence-corrected chi connectivity index (χ2v) is 9.08. The molecular formula is C20H19F4N3O3S. The van der Waals surface area contributed by atoms with Crippen LogP contribution in [0.25, 0.3) is 5.69 Å². The number of hydrogen-bond acceptors (Lipinski definition) is 5. The fourth-order valence-corrected chi connectivity index (χ4v) is 4.20. The predicted octanol–water partition coefficient (Wildman–Crippen LogP) is 3.66. The van der Waals surface area contributed by atoms with Gasteiger partial charge in [-0.25, -0.2) is 13.8 Å². The van der Waals surface area contributed by atoms with Gasteiger partial charge in [-0.2, -0.15) is 18.4 Å². The van der Waals surface area contributed by atoms with Crippen LogP contribution in [0.5, 0.6) is 0 Å². The molecule has 0 aliphatic rings. The van der Waals surface area contributed by atoms with Crippen LogP contribution in [0.2, 0.25) is 0 Å². The number of carbonyl (C=O) groups excluding carboxylic acids is 1. The van der Waals surface area contributed by atoms with E-state index in [0.717, 1.165) is 30.9 Å². The van der Waals surface area contributed by atoms with Crippen LogP contribution in [0.1, 0.15) is 39.0 Å². The molecule has 11 heteroatoms. The molecule has 0 bridgehead atoms. The molecule has 1 unspecified atom stereocenters. The molecule has 1 aromatic heterocycles. The number of rotatable bonds is 4. The summed E-state index contributed by atoms with van der Waals surface area (Å²) in [6.45, 7) is 6.73. The highest BCUT2D eigenvalue weighted by Gasteiger charge is 2.35. The van der Waals surface area contributed by atoms with E-state index in [4.69, 9.17) is 0 Å². The summed E-state index contributed by atoms with van der Waals surface area (Å²) in [6.07, 6.45) is -4.96. The van der Waals surface area contributed by atoms with Crippen molar-refractivity contribution >= 4 is 17.5 Å². The van der Waals surface area contributed by atoms with Crippen LogP contribution in [0, 0.1) is 22.6 Å². The van der Waals surface area contributed by atoms with Crippen molar-refractivity contribution in [3.05, 3.63) is 56.1 Å². The number of aromatic nitrogens is 2. The molecule has 0 saturated carbocycles. The van der Waals surface area contributed by atoms with E-state index in [1.807, 2.05) is 0 Å². The van der Waals surface area contributed by atoms with Crippen LogP contribution in [-0.2, 0) is 18.0 Å². The fourth-order valence-electron chi connectivity index (χ4n) is 3.01. The summed E-state index contributed by atoms with van der Waals surface area (Å²) in [5, 5.41) is 8.72. The first-order valence-electron chi connectivity index (χ1n) is 8.91. The topological polar surface area (TPSA) is 84.9 Å². The summed E-state index contributed by atoms with van der Waals surface area (Å²) < 4.78 is 54.3. The van der Waals surface area contributed by atoms with Gasteiger partial charge in [0.15, 0.2) is 0 Å². The van der Waals surface area contributed by atoms with Gasteiger partial charge in [0.1, 0.15) is 23.4 Å². The molecule has 2 aromatic rings. The SMILES string of the molecule is CC(=O)C(Sc1cc(-n2c(=O)cc(C(F)(F)F)n(C)c2=O)c(F)cc1C#N)C(C)(C)C. The number of carbonyl (C=O) groups is 1. The largest absolute Gasteiger partial charge is 0.431 e. The van der Waals surface area contributed by atoms with Crippen molar-refractivity contribution in [2.45, 2.75) is 44.0 Å². The second-order valence-electron chi connectivity index (χ2n) is 7.93. The summed E-state index contributed by atoms with van der Waals surface area (Å²) in [5.41, 5.74) is -5.56. The summed E-state index contributed by atoms with van der Waals surface area (Å²) in [6, 6.07) is 3.79. The van der Waals surface area contributed by atoms with Crippen molar-refractivity contribution < 1.29 is 22.4 Å². The van der Waals surface area contributed by atoms with Crippen molar-refractivity contribution in [1.29, 1.82) is 5.26 Å². The Morgan fingerprint density at radius 1 is 1.16 bits per heavy atom. The number of thioether (sulfide) groups is 1. The Bertz CT molecular complexity index is 1200. The molecule has 0 saturated heterocycles. The molecule has 1 heterocycles. The minimum absolute atomic E-state index is 0.114. The Labute approximate surface area is 179 Å². The van der Waals surface area contributed by atoms with Crippen molar-refractivity contribution in [3.8, 4) is 11.8 Å². The van der Waals surface area contributed by atoms with Crippen molar-refractivity contribution in [2.75, 3.05) is 0 Å². The average molecular weight is 457 g/mol. The fraction of sp³-hybridized carbons (Fsp3) is 0.400. The maximum atomic E-state index is 14.7. The van der Waals surface area contributed by atoms with Gasteiger partial charge in [-0.15, -0.1) is 11.8 Å². The maximum Gasteiger partial charge on any atom is 0.431 e. The molecule has 6 nitrogen and oxygen atoms in total. The molecule has 0 amide bonds. The second kappa shape index (κ2) is 8.34. The lowest BCUT2D eigenvalue weighted by atomic mass is 9.90. The molecule has 0 N–H and O–H groups in total. The number of hydrogen-bond donors (Lipinski definition) is 0. The number of alkyl halides is 3. The normalized spacial score (nSPS) is 13.0. The van der Waals surface area contributed by atoms with E-state index in [-0.39, 0.29) is 31.4 Å². The van der Waals surface area contributed by atoms with Crippen molar-refractivity contribution in [2.24, 2.45) is 12.5 Å². The number of ketones is 1. The Hall–Kier alpha value is -2.87. The van der Waals surface area contributed by atoms with Gasteiger partial charge < -0.3 is 0 Å². The number of benzene rings is 1. The third-order valence-electron chi connectivity index (χ3n) is 4.42. The van der Waals surface area contributed by atoms with Gasteiger partial charge in [-0.05, 0) is 24.5 Å². The van der Waals surface area contributed by atoms with Gasteiger partial charge in [0, 0.05) is 18.0 Å². The monoisotopic (exact) mass is 457 g/mol. The Morgan fingerprint density at radius 2 is 1.74 bits per heavy atom. The molecule has 1 aromatic carbocycles. The van der Waals surface area contributed by atoms with E-state index in [1.54, 1.807) is 26.8 Å². The van der Waals surface area contributed by atoms with Gasteiger partial charge in [0.2, 0.25) is 0 Å². The zero-order valence-electron chi connectivity index (χ0n) is 17.3. The highest BCUT2D eigenvalue weighted by Crippen LogP contribution is 2.38. The van der Waals surface area contributed by atoms with E-state index in [1.165, 1.54) is 6.92 Å². The van der Waals surface area contributed by atoms with Crippen molar-refractivity contribution in [1.82, 2.24) is 9.13 Å². The minimum Gasteiger partial charge on any atom is -0.299 e. The van der Waals surface area contributed by atoms with Crippen LogP contribution >= 0.6 is 11.8 Å². The summed E-state index contributed by atoms with van der Waals surface area (Å²) in [7, 11) is 0.809. The Kier molecular flexibility index (Phi) is 6.56. The highest BCUT2D eigenvalue weighted by atomic mass is 32.2. The first-order chi connectivity index (χ1) is 14.1. The molecular weight excluding hydrogens is 438 g/mol. The van der Waals surface area contributed by atoms with Crippen LogP contribution < -0.4 is 11.2 Å². The number of nitrogens with zero attached hydrogens (tertiary/aromatic N) is 3. The first kappa shape index (κ1) is 24.4. The van der Waals surface area contributed by atoms with E-state index in [2.05, 4.69) is 0 Å². The molecule has 0 radical (unpaired) electrons. The zero-order valence-corrected chi connectivity index (χ0v) is 18.1. The molecule has 0 aliphatic carbocycles. The van der Waals surface area contributed by atoms with Crippen LogP contribution in [0.3, 0.4) is 0 Å². The molecule has 0 aliphatic heterocycles. The molecule has 166 valence electrons. The maximum absolute atomic E-state index is 14.7. The summed E-state index contributed by atoms with van der Waals surface area (Å²) in [5.74, 6) is -1.36. The standard InChI is InChI=1S/C20H19F4N3O3S/c1-10(28)17(19(2,3)4)31-14-7-13(12(21)6-11(14)9-25)27-16(29)8-15(20(22,23)24)26(5)18(27)30/h6-8,17H,1-5H3. The Morgan fingerprint density at radius 3 is 2.19 bits per heavy atom. The number of halogens is 4. The average Bonchev–Trinajstić information content (AvgIpc) is 2.62. The lowest BCUT2D eigenvalue weighted by Gasteiger charge is -2.28. The number of nitriles is 1. The van der Waals surface area contributed by atoms with Gasteiger partial charge in [0.05, 0.1) is 16.5 Å². The smallest absolute Gasteiger partial charge is 0.299 e. The molecule has 0 spiro atoms.